The molecule has 4 aromatic rings. The van der Waals surface area contributed by atoms with Crippen LogP contribution in [-0.4, -0.2) is 12.8 Å². The standard InChI is InChI=1S/C37H38N2O2/c1-5-40-36-21-27(10-16-35(36)41-23-28-18-25(3)17-26(4)19-28)22-38-30-13-11-29(12-14-30)37-32-8-6-7-31(32)33-20-24(2)9-15-34(33)39-37/h6-7,9-22,31-32,37,39H,5,8,23H2,1-4H3/t31-,32+,37+/m1/s1. The summed E-state index contributed by atoms with van der Waals surface area (Å²) in [7, 11) is 0. The topological polar surface area (TPSA) is 42.8 Å². The Bertz CT molecular complexity index is 1580. The molecule has 0 aromatic heterocycles. The first-order chi connectivity index (χ1) is 20.0. The molecule has 1 N–H and O–H groups in total. The lowest BCUT2D eigenvalue weighted by Gasteiger charge is -2.37. The molecule has 4 aromatic carbocycles. The van der Waals surface area contributed by atoms with Crippen molar-refractivity contribution in [2.75, 3.05) is 11.9 Å². The summed E-state index contributed by atoms with van der Waals surface area (Å²) in [5.74, 6) is 2.48. The molecule has 4 heteroatoms. The average molecular weight is 543 g/mol. The van der Waals surface area contributed by atoms with Gasteiger partial charge in [0, 0.05) is 17.8 Å². The van der Waals surface area contributed by atoms with Crippen molar-refractivity contribution < 1.29 is 9.47 Å². The summed E-state index contributed by atoms with van der Waals surface area (Å²) in [6.45, 7) is 9.45. The highest BCUT2D eigenvalue weighted by atomic mass is 16.5. The fourth-order valence-corrected chi connectivity index (χ4v) is 6.27. The van der Waals surface area contributed by atoms with E-state index in [0.717, 1.165) is 34.7 Å². The van der Waals surface area contributed by atoms with E-state index in [4.69, 9.17) is 14.5 Å². The minimum atomic E-state index is 0.285. The van der Waals surface area contributed by atoms with Crippen molar-refractivity contribution in [1.29, 1.82) is 0 Å². The molecule has 0 saturated carbocycles. The predicted molar refractivity (Wildman–Crippen MR) is 169 cm³/mol. The third-order valence-electron chi connectivity index (χ3n) is 8.08. The smallest absolute Gasteiger partial charge is 0.161 e. The van der Waals surface area contributed by atoms with Crippen LogP contribution < -0.4 is 14.8 Å². The fourth-order valence-electron chi connectivity index (χ4n) is 6.27. The average Bonchev–Trinajstić information content (AvgIpc) is 3.46. The molecule has 0 saturated heterocycles. The number of ether oxygens (including phenoxy) is 2. The Morgan fingerprint density at radius 3 is 2.41 bits per heavy atom. The Labute approximate surface area is 243 Å². The van der Waals surface area contributed by atoms with E-state index in [1.54, 1.807) is 0 Å². The van der Waals surface area contributed by atoms with Crippen molar-refractivity contribution in [2.45, 2.75) is 52.7 Å². The van der Waals surface area contributed by atoms with E-state index < -0.39 is 0 Å². The largest absolute Gasteiger partial charge is 0.490 e. The van der Waals surface area contributed by atoms with Gasteiger partial charge in [0.25, 0.3) is 0 Å². The highest BCUT2D eigenvalue weighted by Crippen LogP contribution is 2.50. The second-order valence-corrected chi connectivity index (χ2v) is 11.3. The quantitative estimate of drug-likeness (QED) is 0.178. The van der Waals surface area contributed by atoms with Crippen LogP contribution >= 0.6 is 0 Å². The molecule has 0 unspecified atom stereocenters. The summed E-state index contributed by atoms with van der Waals surface area (Å²) in [6, 6.07) is 28.2. The van der Waals surface area contributed by atoms with Crippen LogP contribution in [0, 0.1) is 26.7 Å². The lowest BCUT2D eigenvalue weighted by molar-refractivity contribution is 0.269. The van der Waals surface area contributed by atoms with Crippen LogP contribution in [0.2, 0.25) is 0 Å². The van der Waals surface area contributed by atoms with Crippen molar-refractivity contribution in [3.8, 4) is 11.5 Å². The minimum absolute atomic E-state index is 0.285. The number of nitrogens with one attached hydrogen (secondary N) is 1. The van der Waals surface area contributed by atoms with Crippen molar-refractivity contribution in [1.82, 2.24) is 0 Å². The summed E-state index contributed by atoms with van der Waals surface area (Å²) < 4.78 is 12.1. The van der Waals surface area contributed by atoms with Gasteiger partial charge in [-0.15, -0.1) is 0 Å². The van der Waals surface area contributed by atoms with Crippen LogP contribution in [0.3, 0.4) is 0 Å². The van der Waals surface area contributed by atoms with Crippen LogP contribution in [0.5, 0.6) is 11.5 Å². The van der Waals surface area contributed by atoms with Crippen molar-refractivity contribution in [2.24, 2.45) is 10.9 Å². The molecule has 3 atom stereocenters. The molecule has 0 amide bonds. The Hall–Kier alpha value is -4.31. The van der Waals surface area contributed by atoms with Crippen molar-refractivity contribution >= 4 is 17.6 Å². The summed E-state index contributed by atoms with van der Waals surface area (Å²) >= 11 is 0. The maximum atomic E-state index is 6.15. The zero-order chi connectivity index (χ0) is 28.3. The maximum absolute atomic E-state index is 6.15. The summed E-state index contributed by atoms with van der Waals surface area (Å²) in [5.41, 5.74) is 10.8. The first-order valence-corrected chi connectivity index (χ1v) is 14.6. The second-order valence-electron chi connectivity index (χ2n) is 11.3. The van der Waals surface area contributed by atoms with Crippen molar-refractivity contribution in [3.63, 3.8) is 0 Å². The number of hydrogen-bond donors (Lipinski definition) is 1. The third kappa shape index (κ3) is 5.92. The first kappa shape index (κ1) is 26.9. The second kappa shape index (κ2) is 11.7. The monoisotopic (exact) mass is 542 g/mol. The third-order valence-corrected chi connectivity index (χ3v) is 8.08. The number of rotatable bonds is 8. The molecule has 1 aliphatic heterocycles. The number of benzene rings is 4. The number of hydrogen-bond acceptors (Lipinski definition) is 4. The molecule has 0 radical (unpaired) electrons. The van der Waals surface area contributed by atoms with E-state index in [0.29, 0.717) is 25.0 Å². The Balaban J connectivity index is 1.15. The van der Waals surface area contributed by atoms with Gasteiger partial charge in [0.1, 0.15) is 6.61 Å². The number of nitrogens with zero attached hydrogens (tertiary/aromatic N) is 1. The van der Waals surface area contributed by atoms with Gasteiger partial charge in [-0.3, -0.25) is 4.99 Å². The van der Waals surface area contributed by atoms with Crippen LogP contribution in [0.25, 0.3) is 0 Å². The van der Waals surface area contributed by atoms with E-state index in [-0.39, 0.29) is 6.04 Å². The fraction of sp³-hybridized carbons (Fsp3) is 0.270. The van der Waals surface area contributed by atoms with Crippen LogP contribution in [0.15, 0.2) is 96.0 Å². The number of fused-ring (bicyclic) bond motifs is 3. The molecular weight excluding hydrogens is 504 g/mol. The minimum Gasteiger partial charge on any atom is -0.490 e. The van der Waals surface area contributed by atoms with E-state index in [1.165, 1.54) is 33.5 Å². The van der Waals surface area contributed by atoms with Gasteiger partial charge in [0.15, 0.2) is 11.5 Å². The first-order valence-electron chi connectivity index (χ1n) is 14.6. The molecular formula is C37H38N2O2. The van der Waals surface area contributed by atoms with E-state index in [2.05, 4.69) is 98.9 Å². The molecule has 0 bridgehead atoms. The highest BCUT2D eigenvalue weighted by molar-refractivity contribution is 5.83. The van der Waals surface area contributed by atoms with Gasteiger partial charge < -0.3 is 14.8 Å². The van der Waals surface area contributed by atoms with Crippen LogP contribution in [-0.2, 0) is 6.61 Å². The van der Waals surface area contributed by atoms with Gasteiger partial charge in [-0.25, -0.2) is 0 Å². The SMILES string of the molecule is CCOc1cc(C=Nc2ccc([C@@H]3Nc4ccc(C)cc4[C@@H]4C=CC[C@@H]43)cc2)ccc1OCc1cc(C)cc(C)c1. The number of allylic oxidation sites excluding steroid dienone is 2. The van der Waals surface area contributed by atoms with E-state index >= 15 is 0 Å². The molecule has 0 fully saturated rings. The van der Waals surface area contributed by atoms with Crippen molar-refractivity contribution in [3.05, 3.63) is 130 Å². The molecule has 41 heavy (non-hydrogen) atoms. The van der Waals surface area contributed by atoms with Gasteiger partial charge in [0.2, 0.25) is 0 Å². The maximum Gasteiger partial charge on any atom is 0.161 e. The molecule has 2 aliphatic rings. The number of aliphatic imine (C=N–C) groups is 1. The summed E-state index contributed by atoms with van der Waals surface area (Å²) in [6.07, 6.45) is 7.73. The molecule has 6 rings (SSSR count). The van der Waals surface area contributed by atoms with Gasteiger partial charge in [-0.2, -0.15) is 0 Å². The Morgan fingerprint density at radius 1 is 0.829 bits per heavy atom. The van der Waals surface area contributed by atoms with Crippen LogP contribution in [0.4, 0.5) is 11.4 Å². The number of aryl methyl sites for hydroxylation is 3. The molecule has 208 valence electrons. The Morgan fingerprint density at radius 2 is 1.63 bits per heavy atom. The zero-order valence-corrected chi connectivity index (χ0v) is 24.4. The Kier molecular flexibility index (Phi) is 7.65. The highest BCUT2D eigenvalue weighted by Gasteiger charge is 2.37. The van der Waals surface area contributed by atoms with Gasteiger partial charge in [-0.1, -0.05) is 71.3 Å². The molecule has 1 aliphatic carbocycles. The van der Waals surface area contributed by atoms with Gasteiger partial charge in [-0.05, 0) is 98.7 Å². The van der Waals surface area contributed by atoms with E-state index in [1.807, 2.05) is 31.3 Å². The van der Waals surface area contributed by atoms with Gasteiger partial charge in [0.05, 0.1) is 18.3 Å². The summed E-state index contributed by atoms with van der Waals surface area (Å²) in [4.78, 5) is 4.76. The summed E-state index contributed by atoms with van der Waals surface area (Å²) in [5, 5.41) is 3.83. The lowest BCUT2D eigenvalue weighted by Crippen LogP contribution is -2.29. The van der Waals surface area contributed by atoms with Gasteiger partial charge >= 0.3 is 0 Å². The molecule has 1 heterocycles. The number of anilines is 1. The normalized spacial score (nSPS) is 19.1. The molecule has 0 spiro atoms. The predicted octanol–water partition coefficient (Wildman–Crippen LogP) is 9.17. The van der Waals surface area contributed by atoms with Crippen LogP contribution in [0.1, 0.15) is 64.2 Å². The zero-order valence-electron chi connectivity index (χ0n) is 24.4. The molecule has 4 nitrogen and oxygen atoms in total. The van der Waals surface area contributed by atoms with E-state index in [9.17, 15) is 0 Å². The lowest BCUT2D eigenvalue weighted by atomic mass is 9.76.